The van der Waals surface area contributed by atoms with Gasteiger partial charge >= 0.3 is 0 Å². The molecule has 0 bridgehead atoms. The highest BCUT2D eigenvalue weighted by atomic mass is 16.5. The minimum absolute atomic E-state index is 0.132. The van der Waals surface area contributed by atoms with Crippen LogP contribution in [0.1, 0.15) is 41.0 Å². The molecule has 2 aliphatic rings. The van der Waals surface area contributed by atoms with Gasteiger partial charge in [-0.15, -0.1) is 0 Å². The first kappa shape index (κ1) is 26.6. The maximum atomic E-state index is 14.2. The van der Waals surface area contributed by atoms with Crippen molar-refractivity contribution in [2.24, 2.45) is 0 Å². The van der Waals surface area contributed by atoms with Gasteiger partial charge in [-0.1, -0.05) is 0 Å². The molecule has 5 aromatic rings. The van der Waals surface area contributed by atoms with E-state index in [0.717, 1.165) is 59.0 Å². The van der Waals surface area contributed by atoms with Crippen molar-refractivity contribution in [1.29, 1.82) is 0 Å². The molecule has 0 radical (unpaired) electrons. The summed E-state index contributed by atoms with van der Waals surface area (Å²) >= 11 is 0. The lowest BCUT2D eigenvalue weighted by molar-refractivity contribution is -0.119. The van der Waals surface area contributed by atoms with Crippen LogP contribution in [-0.2, 0) is 17.8 Å². The highest BCUT2D eigenvalue weighted by Crippen LogP contribution is 2.31. The number of fused-ring (bicyclic) bond motifs is 1. The van der Waals surface area contributed by atoms with Crippen LogP contribution in [0, 0.1) is 0 Å². The van der Waals surface area contributed by atoms with Crippen molar-refractivity contribution in [2.75, 3.05) is 30.0 Å². The van der Waals surface area contributed by atoms with Crippen LogP contribution in [0.3, 0.4) is 0 Å². The molecule has 1 fully saturated rings. The van der Waals surface area contributed by atoms with E-state index < -0.39 is 0 Å². The second kappa shape index (κ2) is 11.2. The van der Waals surface area contributed by atoms with Crippen molar-refractivity contribution in [3.63, 3.8) is 0 Å². The van der Waals surface area contributed by atoms with Gasteiger partial charge in [-0.25, -0.2) is 14.3 Å². The van der Waals surface area contributed by atoms with E-state index in [0.29, 0.717) is 37.4 Å². The number of amides is 2. The summed E-state index contributed by atoms with van der Waals surface area (Å²) in [6.45, 7) is 1.60. The third kappa shape index (κ3) is 5.03. The number of carbonyl (C=O) groups is 2. The highest BCUT2D eigenvalue weighted by molar-refractivity contribution is 6.07. The summed E-state index contributed by atoms with van der Waals surface area (Å²) in [5.41, 5.74) is 5.41. The summed E-state index contributed by atoms with van der Waals surface area (Å²) < 4.78 is 8.80. The largest absolute Gasteiger partial charge is 0.497 e. The minimum Gasteiger partial charge on any atom is -0.497 e. The first-order chi connectivity index (χ1) is 21.1. The van der Waals surface area contributed by atoms with Gasteiger partial charge in [0.15, 0.2) is 5.82 Å². The number of piperidine rings is 1. The molecule has 1 saturated heterocycles. The molecule has 0 N–H and O–H groups in total. The van der Waals surface area contributed by atoms with Crippen LogP contribution in [0.5, 0.6) is 5.75 Å². The number of benzene rings is 2. The van der Waals surface area contributed by atoms with Gasteiger partial charge in [0.2, 0.25) is 5.91 Å². The van der Waals surface area contributed by atoms with E-state index in [4.69, 9.17) is 9.84 Å². The Hall–Kier alpha value is -5.32. The zero-order chi connectivity index (χ0) is 29.3. The topological polar surface area (TPSA) is 111 Å². The molecular weight excluding hydrogens is 544 g/mol. The first-order valence-corrected chi connectivity index (χ1v) is 14.4. The number of methoxy groups -OCH3 is 1. The highest BCUT2D eigenvalue weighted by Gasteiger charge is 2.33. The minimum atomic E-state index is -0.132. The summed E-state index contributed by atoms with van der Waals surface area (Å²) in [4.78, 5) is 38.8. The lowest BCUT2D eigenvalue weighted by Gasteiger charge is -2.30. The van der Waals surface area contributed by atoms with E-state index in [1.807, 2.05) is 65.6 Å². The van der Waals surface area contributed by atoms with Crippen molar-refractivity contribution < 1.29 is 14.3 Å². The number of aromatic nitrogens is 6. The zero-order valence-corrected chi connectivity index (χ0v) is 23.8. The van der Waals surface area contributed by atoms with Crippen LogP contribution in [0.4, 0.5) is 11.4 Å². The number of anilines is 2. The van der Waals surface area contributed by atoms with Crippen molar-refractivity contribution in [1.82, 2.24) is 29.5 Å². The number of hydrogen-bond donors (Lipinski definition) is 0. The van der Waals surface area contributed by atoms with Crippen LogP contribution in [0.25, 0.3) is 17.1 Å². The summed E-state index contributed by atoms with van der Waals surface area (Å²) in [7, 11) is 1.62. The third-order valence-electron chi connectivity index (χ3n) is 7.98. The SMILES string of the molecule is COc1ccc(-n2nc(Cn3cnc(-c4cccnc4)n3)c3c2C(=O)N(c2ccc(N4CCCCC4=O)cc2)CC3)cc1. The van der Waals surface area contributed by atoms with Crippen molar-refractivity contribution >= 4 is 23.2 Å². The molecule has 0 aliphatic carbocycles. The molecule has 43 heavy (non-hydrogen) atoms. The smallest absolute Gasteiger partial charge is 0.277 e. The molecule has 0 spiro atoms. The predicted molar refractivity (Wildman–Crippen MR) is 160 cm³/mol. The summed E-state index contributed by atoms with van der Waals surface area (Å²) in [6, 6.07) is 19.0. The Bertz CT molecular complexity index is 1780. The van der Waals surface area contributed by atoms with Crippen LogP contribution in [0.15, 0.2) is 79.4 Å². The molecular formula is C32H30N8O3. The third-order valence-corrected chi connectivity index (χ3v) is 7.98. The molecule has 5 heterocycles. The Morgan fingerprint density at radius 3 is 2.33 bits per heavy atom. The van der Waals surface area contributed by atoms with Gasteiger partial charge in [0, 0.05) is 54.4 Å². The molecule has 0 saturated carbocycles. The average Bonchev–Trinajstić information content (AvgIpc) is 3.68. The van der Waals surface area contributed by atoms with Gasteiger partial charge in [-0.05, 0) is 79.9 Å². The van der Waals surface area contributed by atoms with Crippen LogP contribution >= 0.6 is 0 Å². The fraction of sp³-hybridized carbons (Fsp3) is 0.250. The molecule has 3 aromatic heterocycles. The summed E-state index contributed by atoms with van der Waals surface area (Å²) in [5.74, 6) is 1.31. The number of carbonyl (C=O) groups excluding carboxylic acids is 2. The van der Waals surface area contributed by atoms with Crippen molar-refractivity contribution in [3.8, 4) is 22.8 Å². The number of hydrogen-bond acceptors (Lipinski definition) is 7. The van der Waals surface area contributed by atoms with Gasteiger partial charge in [0.05, 0.1) is 25.0 Å². The average molecular weight is 575 g/mol. The van der Waals surface area contributed by atoms with Gasteiger partial charge in [0.25, 0.3) is 5.91 Å². The van der Waals surface area contributed by atoms with E-state index in [9.17, 15) is 9.59 Å². The van der Waals surface area contributed by atoms with E-state index >= 15 is 0 Å². The molecule has 2 aromatic carbocycles. The van der Waals surface area contributed by atoms with Crippen molar-refractivity contribution in [3.05, 3.63) is 96.3 Å². The van der Waals surface area contributed by atoms with Crippen molar-refractivity contribution in [2.45, 2.75) is 32.2 Å². The normalized spacial score (nSPS) is 15.1. The number of ether oxygens (including phenoxy) is 1. The summed E-state index contributed by atoms with van der Waals surface area (Å²) in [6.07, 6.45) is 8.25. The molecule has 11 nitrogen and oxygen atoms in total. The molecule has 0 unspecified atom stereocenters. The Morgan fingerprint density at radius 2 is 1.60 bits per heavy atom. The molecule has 216 valence electrons. The van der Waals surface area contributed by atoms with E-state index in [-0.39, 0.29) is 11.8 Å². The second-order valence-electron chi connectivity index (χ2n) is 10.6. The molecule has 2 amide bonds. The monoisotopic (exact) mass is 574 g/mol. The van der Waals surface area contributed by atoms with E-state index in [1.54, 1.807) is 40.1 Å². The first-order valence-electron chi connectivity index (χ1n) is 14.4. The lowest BCUT2D eigenvalue weighted by atomic mass is 10.0. The quantitative estimate of drug-likeness (QED) is 0.285. The van der Waals surface area contributed by atoms with Crippen LogP contribution in [-0.4, -0.2) is 61.5 Å². The van der Waals surface area contributed by atoms with Crippen LogP contribution < -0.4 is 14.5 Å². The molecule has 11 heteroatoms. The number of pyridine rings is 1. The zero-order valence-electron chi connectivity index (χ0n) is 23.8. The Morgan fingerprint density at radius 1 is 0.837 bits per heavy atom. The Balaban J connectivity index is 1.22. The Labute approximate surface area is 248 Å². The number of rotatable bonds is 7. The maximum Gasteiger partial charge on any atom is 0.277 e. The van der Waals surface area contributed by atoms with E-state index in [1.165, 1.54) is 0 Å². The van der Waals surface area contributed by atoms with Crippen LogP contribution in [0.2, 0.25) is 0 Å². The van der Waals surface area contributed by atoms with Gasteiger partial charge < -0.3 is 14.5 Å². The fourth-order valence-corrected chi connectivity index (χ4v) is 5.76. The van der Waals surface area contributed by atoms with Gasteiger partial charge in [-0.3, -0.25) is 14.6 Å². The number of nitrogens with zero attached hydrogens (tertiary/aromatic N) is 8. The molecule has 2 aliphatic heterocycles. The predicted octanol–water partition coefficient (Wildman–Crippen LogP) is 4.30. The Kier molecular flexibility index (Phi) is 6.90. The summed E-state index contributed by atoms with van der Waals surface area (Å²) in [5, 5.41) is 9.58. The van der Waals surface area contributed by atoms with Gasteiger partial charge in [0.1, 0.15) is 17.8 Å². The second-order valence-corrected chi connectivity index (χ2v) is 10.6. The molecule has 7 rings (SSSR count). The molecule has 0 atom stereocenters. The lowest BCUT2D eigenvalue weighted by Crippen LogP contribution is -2.39. The fourth-order valence-electron chi connectivity index (χ4n) is 5.76. The van der Waals surface area contributed by atoms with E-state index in [2.05, 4.69) is 15.1 Å². The standard InChI is InChI=1S/C32H30N8O3/c1-43-26-13-11-25(12-14-26)40-30-27(28(35-40)20-37-21-34-31(36-37)22-5-4-16-33-19-22)15-18-39(32(30)42)24-9-7-23(8-10-24)38-17-3-2-6-29(38)41/h4-5,7-14,16,19,21H,2-3,6,15,17-18,20H2,1H3. The van der Waals surface area contributed by atoms with Gasteiger partial charge in [-0.2, -0.15) is 10.2 Å². The maximum absolute atomic E-state index is 14.2.